The third-order valence-corrected chi connectivity index (χ3v) is 6.08. The Hall–Kier alpha value is -3.29. The third-order valence-electron chi connectivity index (χ3n) is 6.08. The number of benzene rings is 1. The van der Waals surface area contributed by atoms with Crippen LogP contribution in [0.25, 0.3) is 10.9 Å². The van der Waals surface area contributed by atoms with Gasteiger partial charge in [-0.15, -0.1) is 0 Å². The minimum absolute atomic E-state index is 0.206. The van der Waals surface area contributed by atoms with Crippen molar-refractivity contribution in [2.45, 2.75) is 38.4 Å². The van der Waals surface area contributed by atoms with Crippen molar-refractivity contribution in [1.82, 2.24) is 24.4 Å². The summed E-state index contributed by atoms with van der Waals surface area (Å²) in [5, 5.41) is 13.8. The number of aliphatic hydroxyl groups excluding tert-OH is 1. The van der Waals surface area contributed by atoms with E-state index in [4.69, 9.17) is 4.98 Å². The van der Waals surface area contributed by atoms with Crippen molar-refractivity contribution < 1.29 is 5.11 Å². The van der Waals surface area contributed by atoms with Crippen LogP contribution in [-0.2, 0) is 13.1 Å². The van der Waals surface area contributed by atoms with E-state index in [1.165, 1.54) is 16.5 Å². The summed E-state index contributed by atoms with van der Waals surface area (Å²) >= 11 is 0. The van der Waals surface area contributed by atoms with Crippen molar-refractivity contribution in [3.63, 3.8) is 0 Å². The summed E-state index contributed by atoms with van der Waals surface area (Å²) in [5.74, 6) is 1.48. The Morgan fingerprint density at radius 2 is 1.97 bits per heavy atom. The van der Waals surface area contributed by atoms with Crippen LogP contribution >= 0.6 is 0 Å². The van der Waals surface area contributed by atoms with Crippen molar-refractivity contribution in [3.8, 4) is 0 Å². The number of nitrogens with one attached hydrogen (secondary N) is 1. The number of pyridine rings is 1. The highest BCUT2D eigenvalue weighted by atomic mass is 16.3. The van der Waals surface area contributed by atoms with E-state index in [1.807, 2.05) is 24.4 Å². The van der Waals surface area contributed by atoms with Crippen LogP contribution < -0.4 is 5.32 Å². The molecule has 0 aliphatic carbocycles. The Morgan fingerprint density at radius 1 is 1.06 bits per heavy atom. The molecule has 1 aliphatic rings. The number of hydrogen-bond donors (Lipinski definition) is 2. The molecule has 0 unspecified atom stereocenters. The monoisotopic (exact) mass is 428 g/mol. The van der Waals surface area contributed by atoms with Gasteiger partial charge in [0.05, 0.1) is 24.1 Å². The Morgan fingerprint density at radius 3 is 2.84 bits per heavy atom. The maximum absolute atomic E-state index is 9.27. The van der Waals surface area contributed by atoms with E-state index in [0.717, 1.165) is 50.4 Å². The number of likely N-dealkylation sites (tertiary alicyclic amines) is 1. The van der Waals surface area contributed by atoms with Crippen LogP contribution in [0.1, 0.15) is 36.6 Å². The highest BCUT2D eigenvalue weighted by Crippen LogP contribution is 2.34. The molecule has 0 amide bonds. The predicted molar refractivity (Wildman–Crippen MR) is 126 cm³/mol. The summed E-state index contributed by atoms with van der Waals surface area (Å²) in [4.78, 5) is 16.1. The molecule has 1 fully saturated rings. The second-order valence-electron chi connectivity index (χ2n) is 8.24. The number of fused-ring (bicyclic) bond motifs is 1. The first-order valence-electron chi connectivity index (χ1n) is 11.2. The minimum atomic E-state index is 0.206. The molecule has 32 heavy (non-hydrogen) atoms. The molecule has 2 N–H and O–H groups in total. The first kappa shape index (κ1) is 20.6. The topological polar surface area (TPSA) is 79.1 Å². The van der Waals surface area contributed by atoms with E-state index in [9.17, 15) is 5.11 Å². The SMILES string of the molecule is OCCCn1cc(CN2CCC[C@H]2c2cncc(Nc3ccccn3)n2)c2ccccc21. The van der Waals surface area contributed by atoms with E-state index in [0.29, 0.717) is 5.82 Å². The molecule has 7 nitrogen and oxygen atoms in total. The Kier molecular flexibility index (Phi) is 6.09. The Labute approximate surface area is 187 Å². The molecule has 3 aromatic heterocycles. The molecular formula is C25H28N6O. The molecule has 5 rings (SSSR count). The van der Waals surface area contributed by atoms with Gasteiger partial charge in [0.25, 0.3) is 0 Å². The van der Waals surface area contributed by atoms with Crippen LogP contribution in [0, 0.1) is 0 Å². The van der Waals surface area contributed by atoms with Gasteiger partial charge in [-0.25, -0.2) is 9.97 Å². The molecular weight excluding hydrogens is 400 g/mol. The Balaban J connectivity index is 1.37. The summed E-state index contributed by atoms with van der Waals surface area (Å²) in [5.41, 5.74) is 3.54. The zero-order chi connectivity index (χ0) is 21.8. The van der Waals surface area contributed by atoms with Gasteiger partial charge in [-0.2, -0.15) is 0 Å². The largest absolute Gasteiger partial charge is 0.396 e. The van der Waals surface area contributed by atoms with Crippen LogP contribution in [0.4, 0.5) is 11.6 Å². The van der Waals surface area contributed by atoms with E-state index in [-0.39, 0.29) is 12.6 Å². The Bertz CT molecular complexity index is 1180. The lowest BCUT2D eigenvalue weighted by Crippen LogP contribution is -2.23. The van der Waals surface area contributed by atoms with Gasteiger partial charge < -0.3 is 15.0 Å². The van der Waals surface area contributed by atoms with Gasteiger partial charge in [-0.1, -0.05) is 24.3 Å². The van der Waals surface area contributed by atoms with Crippen molar-refractivity contribution in [2.75, 3.05) is 18.5 Å². The fraction of sp³-hybridized carbons (Fsp3) is 0.320. The lowest BCUT2D eigenvalue weighted by Gasteiger charge is -2.24. The molecule has 164 valence electrons. The van der Waals surface area contributed by atoms with Crippen LogP contribution in [0.15, 0.2) is 67.3 Å². The molecule has 0 saturated carbocycles. The zero-order valence-corrected chi connectivity index (χ0v) is 18.1. The van der Waals surface area contributed by atoms with Crippen LogP contribution in [0.2, 0.25) is 0 Å². The number of anilines is 2. The molecule has 4 aromatic rings. The first-order chi connectivity index (χ1) is 15.8. The summed E-state index contributed by atoms with van der Waals surface area (Å²) in [6.45, 7) is 2.95. The first-order valence-corrected chi connectivity index (χ1v) is 11.2. The maximum atomic E-state index is 9.27. The highest BCUT2D eigenvalue weighted by Gasteiger charge is 2.28. The van der Waals surface area contributed by atoms with Gasteiger partial charge in [0.1, 0.15) is 11.6 Å². The molecule has 0 bridgehead atoms. The lowest BCUT2D eigenvalue weighted by molar-refractivity contribution is 0.244. The summed E-state index contributed by atoms with van der Waals surface area (Å²) in [7, 11) is 0. The number of rotatable bonds is 8. The summed E-state index contributed by atoms with van der Waals surface area (Å²) in [6, 6.07) is 14.5. The average Bonchev–Trinajstić information content (AvgIpc) is 3.44. The molecule has 0 radical (unpaired) electrons. The quantitative estimate of drug-likeness (QED) is 0.436. The van der Waals surface area contributed by atoms with Gasteiger partial charge in [-0.3, -0.25) is 9.88 Å². The van der Waals surface area contributed by atoms with Gasteiger partial charge in [0.15, 0.2) is 0 Å². The van der Waals surface area contributed by atoms with E-state index >= 15 is 0 Å². The van der Waals surface area contributed by atoms with Crippen molar-refractivity contribution in [1.29, 1.82) is 0 Å². The number of hydrogen-bond acceptors (Lipinski definition) is 6. The van der Waals surface area contributed by atoms with Crippen LogP contribution in [-0.4, -0.2) is 42.7 Å². The second-order valence-corrected chi connectivity index (χ2v) is 8.24. The lowest BCUT2D eigenvalue weighted by atomic mass is 10.1. The summed E-state index contributed by atoms with van der Waals surface area (Å²) in [6.07, 6.45) is 10.6. The number of aryl methyl sites for hydroxylation is 1. The van der Waals surface area contributed by atoms with Crippen LogP contribution in [0.3, 0.4) is 0 Å². The molecule has 1 aromatic carbocycles. The molecule has 1 atom stereocenters. The minimum Gasteiger partial charge on any atom is -0.396 e. The fourth-order valence-electron chi connectivity index (χ4n) is 4.61. The van der Waals surface area contributed by atoms with Gasteiger partial charge >= 0.3 is 0 Å². The molecule has 4 heterocycles. The van der Waals surface area contributed by atoms with Gasteiger partial charge in [-0.05, 0) is 49.6 Å². The van der Waals surface area contributed by atoms with Crippen molar-refractivity contribution >= 4 is 22.5 Å². The van der Waals surface area contributed by atoms with Crippen molar-refractivity contribution in [2.24, 2.45) is 0 Å². The molecule has 1 saturated heterocycles. The molecule has 7 heteroatoms. The van der Waals surface area contributed by atoms with Crippen molar-refractivity contribution in [3.05, 3.63) is 78.5 Å². The zero-order valence-electron chi connectivity index (χ0n) is 18.1. The highest BCUT2D eigenvalue weighted by molar-refractivity contribution is 5.84. The number of aromatic nitrogens is 4. The van der Waals surface area contributed by atoms with Gasteiger partial charge in [0, 0.05) is 43.0 Å². The van der Waals surface area contributed by atoms with E-state index in [2.05, 4.69) is 55.2 Å². The third kappa shape index (κ3) is 4.35. The summed E-state index contributed by atoms with van der Waals surface area (Å²) < 4.78 is 2.27. The number of nitrogens with zero attached hydrogens (tertiary/aromatic N) is 5. The average molecular weight is 429 g/mol. The molecule has 1 aliphatic heterocycles. The smallest absolute Gasteiger partial charge is 0.150 e. The standard InChI is InChI=1S/C25H28N6O/c32-14-6-13-30-17-19(20-7-1-2-8-22(20)30)18-31-12-5-9-23(31)21-15-26-16-25(28-21)29-24-10-3-4-11-27-24/h1-4,7-8,10-11,15-17,23,32H,5-6,9,12-14,18H2,(H,27,28,29)/t23-/m0/s1. The predicted octanol–water partition coefficient (Wildman–Crippen LogP) is 4.29. The van der Waals surface area contributed by atoms with Crippen LogP contribution in [0.5, 0.6) is 0 Å². The van der Waals surface area contributed by atoms with E-state index < -0.39 is 0 Å². The number of para-hydroxylation sites is 1. The molecule has 0 spiro atoms. The number of aliphatic hydroxyl groups is 1. The second kappa shape index (κ2) is 9.46. The fourth-order valence-corrected chi connectivity index (χ4v) is 4.61. The normalized spacial score (nSPS) is 16.6. The maximum Gasteiger partial charge on any atom is 0.150 e. The van der Waals surface area contributed by atoms with Gasteiger partial charge in [0.2, 0.25) is 0 Å². The van der Waals surface area contributed by atoms with E-state index in [1.54, 1.807) is 12.4 Å².